The summed E-state index contributed by atoms with van der Waals surface area (Å²) >= 11 is 10.2. The molecule has 1 aliphatic heterocycles. The molecule has 0 aliphatic carbocycles. The summed E-state index contributed by atoms with van der Waals surface area (Å²) in [5.41, 5.74) is 1.38. The van der Waals surface area contributed by atoms with Crippen molar-refractivity contribution in [3.63, 3.8) is 0 Å². The van der Waals surface area contributed by atoms with E-state index >= 15 is 0 Å². The number of benzene rings is 1. The van der Waals surface area contributed by atoms with Crippen LogP contribution < -0.4 is 5.32 Å². The molecule has 0 radical (unpaired) electrons. The first-order valence-corrected chi connectivity index (χ1v) is 9.55. The quantitative estimate of drug-likeness (QED) is 0.849. The van der Waals surface area contributed by atoms with Crippen molar-refractivity contribution in [3.05, 3.63) is 34.9 Å². The molecule has 1 fully saturated rings. The maximum Gasteiger partial charge on any atom is 0.0406 e. The summed E-state index contributed by atoms with van der Waals surface area (Å²) in [5, 5.41) is 5.30. The van der Waals surface area contributed by atoms with Crippen LogP contribution in [-0.2, 0) is 6.42 Å². The second-order valence-electron chi connectivity index (χ2n) is 4.88. The Morgan fingerprint density at radius 1 is 1.32 bits per heavy atom. The number of thioether (sulfide) groups is 2. The second kappa shape index (κ2) is 8.46. The van der Waals surface area contributed by atoms with Gasteiger partial charge in [-0.05, 0) is 37.1 Å². The second-order valence-corrected chi connectivity index (χ2v) is 7.81. The van der Waals surface area contributed by atoms with Crippen LogP contribution in [0.3, 0.4) is 0 Å². The fourth-order valence-electron chi connectivity index (χ4n) is 2.28. The summed E-state index contributed by atoms with van der Waals surface area (Å²) in [4.78, 5) is 0. The molecule has 106 valence electrons. The van der Waals surface area contributed by atoms with E-state index in [1.54, 1.807) is 0 Å². The molecule has 2 atom stereocenters. The first-order valence-electron chi connectivity index (χ1n) is 6.96. The molecule has 1 nitrogen and oxygen atoms in total. The predicted molar refractivity (Wildman–Crippen MR) is 90.8 cm³/mol. The maximum absolute atomic E-state index is 5.96. The first-order chi connectivity index (χ1) is 9.29. The van der Waals surface area contributed by atoms with Gasteiger partial charge in [0.25, 0.3) is 0 Å². The SMILES string of the molecule is CCCNC(Cc1ccc(Cl)cc1)C1CSCCS1. The molecule has 1 aliphatic rings. The summed E-state index contributed by atoms with van der Waals surface area (Å²) in [6.07, 6.45) is 2.30. The fourth-order valence-corrected chi connectivity index (χ4v) is 5.29. The van der Waals surface area contributed by atoms with E-state index in [2.05, 4.69) is 47.9 Å². The van der Waals surface area contributed by atoms with Gasteiger partial charge in [0.05, 0.1) is 0 Å². The average molecular weight is 316 g/mol. The van der Waals surface area contributed by atoms with Crippen molar-refractivity contribution >= 4 is 35.1 Å². The zero-order valence-electron chi connectivity index (χ0n) is 11.4. The lowest BCUT2D eigenvalue weighted by atomic mass is 10.0. The van der Waals surface area contributed by atoms with Gasteiger partial charge in [-0.3, -0.25) is 0 Å². The predicted octanol–water partition coefficient (Wildman–Crippen LogP) is 4.10. The highest BCUT2D eigenvalue weighted by Crippen LogP contribution is 2.28. The van der Waals surface area contributed by atoms with E-state index in [1.807, 2.05) is 12.1 Å². The highest BCUT2D eigenvalue weighted by atomic mass is 35.5. The normalized spacial score (nSPS) is 21.3. The zero-order chi connectivity index (χ0) is 13.5. The van der Waals surface area contributed by atoms with Crippen molar-refractivity contribution in [2.75, 3.05) is 23.8 Å². The lowest BCUT2D eigenvalue weighted by Crippen LogP contribution is -2.43. The summed E-state index contributed by atoms with van der Waals surface area (Å²) in [6.45, 7) is 3.34. The minimum atomic E-state index is 0.582. The lowest BCUT2D eigenvalue weighted by molar-refractivity contribution is 0.506. The molecular weight excluding hydrogens is 294 g/mol. The van der Waals surface area contributed by atoms with E-state index in [9.17, 15) is 0 Å². The molecule has 1 heterocycles. The van der Waals surface area contributed by atoms with Gasteiger partial charge in [0.1, 0.15) is 0 Å². The molecule has 1 saturated heterocycles. The zero-order valence-corrected chi connectivity index (χ0v) is 13.8. The highest BCUT2D eigenvalue weighted by Gasteiger charge is 2.24. The van der Waals surface area contributed by atoms with Crippen molar-refractivity contribution in [1.82, 2.24) is 5.32 Å². The smallest absolute Gasteiger partial charge is 0.0406 e. The van der Waals surface area contributed by atoms with Gasteiger partial charge in [0.15, 0.2) is 0 Å². The van der Waals surface area contributed by atoms with Gasteiger partial charge >= 0.3 is 0 Å². The van der Waals surface area contributed by atoms with E-state index < -0.39 is 0 Å². The van der Waals surface area contributed by atoms with Gasteiger partial charge in [0, 0.05) is 33.6 Å². The monoisotopic (exact) mass is 315 g/mol. The van der Waals surface area contributed by atoms with Gasteiger partial charge in [-0.1, -0.05) is 30.7 Å². The van der Waals surface area contributed by atoms with Crippen LogP contribution in [0.25, 0.3) is 0 Å². The Labute approximate surface area is 130 Å². The molecule has 0 amide bonds. The molecule has 2 unspecified atom stereocenters. The van der Waals surface area contributed by atoms with Crippen LogP contribution in [-0.4, -0.2) is 35.1 Å². The van der Waals surface area contributed by atoms with Crippen LogP contribution in [0.1, 0.15) is 18.9 Å². The molecule has 0 spiro atoms. The van der Waals surface area contributed by atoms with Crippen molar-refractivity contribution in [2.45, 2.75) is 31.1 Å². The van der Waals surface area contributed by atoms with Gasteiger partial charge in [-0.15, -0.1) is 0 Å². The Bertz CT molecular complexity index is 363. The van der Waals surface area contributed by atoms with Crippen LogP contribution in [0.2, 0.25) is 5.02 Å². The summed E-state index contributed by atoms with van der Waals surface area (Å²) in [7, 11) is 0. The van der Waals surface area contributed by atoms with Gasteiger partial charge in [-0.25, -0.2) is 0 Å². The third-order valence-corrected chi connectivity index (χ3v) is 6.49. The lowest BCUT2D eigenvalue weighted by Gasteiger charge is -2.30. The topological polar surface area (TPSA) is 12.0 Å². The number of hydrogen-bond donors (Lipinski definition) is 1. The van der Waals surface area contributed by atoms with Crippen LogP contribution >= 0.6 is 35.1 Å². The van der Waals surface area contributed by atoms with Crippen molar-refractivity contribution in [2.24, 2.45) is 0 Å². The van der Waals surface area contributed by atoms with E-state index in [-0.39, 0.29) is 0 Å². The van der Waals surface area contributed by atoms with Crippen LogP contribution in [0.4, 0.5) is 0 Å². The molecule has 1 N–H and O–H groups in total. The third kappa shape index (κ3) is 5.22. The maximum atomic E-state index is 5.96. The first kappa shape index (κ1) is 15.6. The van der Waals surface area contributed by atoms with E-state index in [0.29, 0.717) is 6.04 Å². The molecular formula is C15H22ClNS2. The van der Waals surface area contributed by atoms with E-state index in [4.69, 9.17) is 11.6 Å². The van der Waals surface area contributed by atoms with Crippen molar-refractivity contribution < 1.29 is 0 Å². The summed E-state index contributed by atoms with van der Waals surface area (Å²) in [6, 6.07) is 8.89. The van der Waals surface area contributed by atoms with Crippen LogP contribution in [0, 0.1) is 0 Å². The molecule has 1 aromatic rings. The Morgan fingerprint density at radius 2 is 2.11 bits per heavy atom. The summed E-state index contributed by atoms with van der Waals surface area (Å²) in [5.74, 6) is 3.88. The molecule has 19 heavy (non-hydrogen) atoms. The van der Waals surface area contributed by atoms with Crippen LogP contribution in [0.15, 0.2) is 24.3 Å². The molecule has 1 aromatic carbocycles. The molecule has 0 aromatic heterocycles. The third-order valence-electron chi connectivity index (χ3n) is 3.32. The molecule has 4 heteroatoms. The fraction of sp³-hybridized carbons (Fsp3) is 0.600. The largest absolute Gasteiger partial charge is 0.313 e. The van der Waals surface area contributed by atoms with E-state index in [1.165, 1.54) is 29.2 Å². The Morgan fingerprint density at radius 3 is 2.74 bits per heavy atom. The number of halogens is 1. The standard InChI is InChI=1S/C15H22ClNS2/c1-2-7-17-14(15-11-18-8-9-19-15)10-12-3-5-13(16)6-4-12/h3-6,14-15,17H,2,7-11H2,1H3. The van der Waals surface area contributed by atoms with Gasteiger partial charge < -0.3 is 5.32 Å². The molecule has 2 rings (SSSR count). The number of rotatable bonds is 6. The van der Waals surface area contributed by atoms with Crippen molar-refractivity contribution in [3.8, 4) is 0 Å². The highest BCUT2D eigenvalue weighted by molar-refractivity contribution is 8.06. The van der Waals surface area contributed by atoms with Crippen LogP contribution in [0.5, 0.6) is 0 Å². The number of nitrogens with one attached hydrogen (secondary N) is 1. The molecule has 0 bridgehead atoms. The average Bonchev–Trinajstić information content (AvgIpc) is 2.46. The minimum absolute atomic E-state index is 0.582. The number of hydrogen-bond acceptors (Lipinski definition) is 3. The Balaban J connectivity index is 1.97. The van der Waals surface area contributed by atoms with Gasteiger partial charge in [0.2, 0.25) is 0 Å². The minimum Gasteiger partial charge on any atom is -0.313 e. The van der Waals surface area contributed by atoms with Gasteiger partial charge in [-0.2, -0.15) is 23.5 Å². The van der Waals surface area contributed by atoms with Crippen molar-refractivity contribution in [1.29, 1.82) is 0 Å². The molecule has 0 saturated carbocycles. The van der Waals surface area contributed by atoms with E-state index in [0.717, 1.165) is 23.2 Å². The Kier molecular flexibility index (Phi) is 6.92. The Hall–Kier alpha value is 0.170. The summed E-state index contributed by atoms with van der Waals surface area (Å²) < 4.78 is 0.